The van der Waals surface area contributed by atoms with Gasteiger partial charge in [0.1, 0.15) is 6.61 Å². The largest absolute Gasteiger partial charge is 0.694 e. The summed E-state index contributed by atoms with van der Waals surface area (Å²) in [6, 6.07) is 0. The molecule has 0 aromatic rings. The number of rotatable bonds is 4. The molecule has 0 amide bonds. The first-order chi connectivity index (χ1) is 4.13. The van der Waals surface area contributed by atoms with E-state index in [2.05, 4.69) is 4.52 Å². The van der Waals surface area contributed by atoms with E-state index in [4.69, 9.17) is 4.89 Å². The predicted molar refractivity (Wildman–Crippen MR) is 34.3 cm³/mol. The quantitative estimate of drug-likeness (QED) is 0.585. The maximum absolute atomic E-state index is 9.89. The lowest BCUT2D eigenvalue weighted by Crippen LogP contribution is -2.16. The summed E-state index contributed by atoms with van der Waals surface area (Å²) in [6.07, 6.45) is 0. The monoisotopic (exact) mass is 152 g/mol. The van der Waals surface area contributed by atoms with Gasteiger partial charge in [-0.2, -0.15) is 0 Å². The Morgan fingerprint density at radius 3 is 2.56 bits per heavy atom. The van der Waals surface area contributed by atoms with E-state index in [1.54, 1.807) is 0 Å². The maximum atomic E-state index is 9.89. The standard InChI is InChI=1S/C4H10NO3P/c1-5(2)3-4-8-9(6)7/h3-4H2,1-2H3/p+1. The lowest BCUT2D eigenvalue weighted by Gasteiger charge is -2.03. The highest BCUT2D eigenvalue weighted by molar-refractivity contribution is 7.32. The molecule has 0 aliphatic rings. The molecule has 0 saturated heterocycles. The minimum absolute atomic E-state index is 0.304. The summed E-state index contributed by atoms with van der Waals surface area (Å²) in [5.41, 5.74) is 0. The first-order valence-corrected chi connectivity index (χ1v) is 3.69. The van der Waals surface area contributed by atoms with Crippen molar-refractivity contribution in [2.45, 2.75) is 0 Å². The Kier molecular flexibility index (Phi) is 4.81. The SMILES string of the molecule is CN(C)CCO[P+](=O)O. The Bertz CT molecular complexity index is 95.8. The second-order valence-electron chi connectivity index (χ2n) is 1.87. The van der Waals surface area contributed by atoms with Crippen LogP contribution in [0.2, 0.25) is 0 Å². The van der Waals surface area contributed by atoms with Crippen LogP contribution in [0.25, 0.3) is 0 Å². The molecule has 0 aromatic heterocycles. The van der Waals surface area contributed by atoms with E-state index in [-0.39, 0.29) is 0 Å². The normalized spacial score (nSPS) is 12.2. The lowest BCUT2D eigenvalue weighted by molar-refractivity contribution is 0.243. The molecule has 0 fully saturated rings. The fourth-order valence-corrected chi connectivity index (χ4v) is 0.539. The third-order valence-electron chi connectivity index (χ3n) is 0.740. The van der Waals surface area contributed by atoms with E-state index in [1.807, 2.05) is 19.0 Å². The number of hydrogen-bond acceptors (Lipinski definition) is 3. The van der Waals surface area contributed by atoms with Crippen molar-refractivity contribution >= 4 is 8.25 Å². The van der Waals surface area contributed by atoms with Gasteiger partial charge in [0.15, 0.2) is 0 Å². The molecule has 0 radical (unpaired) electrons. The fourth-order valence-electron chi connectivity index (χ4n) is 0.301. The van der Waals surface area contributed by atoms with Crippen LogP contribution in [-0.4, -0.2) is 37.0 Å². The van der Waals surface area contributed by atoms with E-state index in [9.17, 15) is 4.57 Å². The smallest absolute Gasteiger partial charge is 0.307 e. The molecule has 0 saturated carbocycles. The predicted octanol–water partition coefficient (Wildman–Crippen LogP) is 0.214. The fraction of sp³-hybridized carbons (Fsp3) is 1.00. The molecule has 9 heavy (non-hydrogen) atoms. The van der Waals surface area contributed by atoms with Crippen molar-refractivity contribution in [3.63, 3.8) is 0 Å². The molecule has 0 aliphatic heterocycles. The zero-order valence-electron chi connectivity index (χ0n) is 5.57. The minimum atomic E-state index is -2.41. The van der Waals surface area contributed by atoms with Crippen LogP contribution >= 0.6 is 8.25 Å². The zero-order chi connectivity index (χ0) is 7.28. The van der Waals surface area contributed by atoms with Gasteiger partial charge in [0.25, 0.3) is 0 Å². The Labute approximate surface area is 55.4 Å². The molecule has 1 N–H and O–H groups in total. The molecule has 0 spiro atoms. The summed E-state index contributed by atoms with van der Waals surface area (Å²) in [5, 5.41) is 0. The van der Waals surface area contributed by atoms with E-state index < -0.39 is 8.25 Å². The summed E-state index contributed by atoms with van der Waals surface area (Å²) in [7, 11) is 1.33. The third-order valence-corrected chi connectivity index (χ3v) is 1.14. The highest BCUT2D eigenvalue weighted by Crippen LogP contribution is 2.12. The van der Waals surface area contributed by atoms with Crippen LogP contribution in [0.3, 0.4) is 0 Å². The van der Waals surface area contributed by atoms with Crippen molar-refractivity contribution in [3.8, 4) is 0 Å². The maximum Gasteiger partial charge on any atom is 0.694 e. The Morgan fingerprint density at radius 1 is 1.67 bits per heavy atom. The number of hydrogen-bond donors (Lipinski definition) is 1. The Balaban J connectivity index is 3.01. The van der Waals surface area contributed by atoms with Crippen LogP contribution < -0.4 is 0 Å². The van der Waals surface area contributed by atoms with Gasteiger partial charge >= 0.3 is 8.25 Å². The zero-order valence-corrected chi connectivity index (χ0v) is 6.47. The van der Waals surface area contributed by atoms with Crippen molar-refractivity contribution in [1.29, 1.82) is 0 Å². The van der Waals surface area contributed by atoms with Crippen molar-refractivity contribution in [2.24, 2.45) is 0 Å². The number of likely N-dealkylation sites (N-methyl/N-ethyl adjacent to an activating group) is 1. The van der Waals surface area contributed by atoms with Crippen LogP contribution in [0.4, 0.5) is 0 Å². The van der Waals surface area contributed by atoms with E-state index >= 15 is 0 Å². The molecule has 0 aromatic carbocycles. The second-order valence-corrected chi connectivity index (χ2v) is 2.61. The summed E-state index contributed by atoms with van der Waals surface area (Å²) in [5.74, 6) is 0. The topological polar surface area (TPSA) is 49.8 Å². The van der Waals surface area contributed by atoms with Crippen molar-refractivity contribution in [2.75, 3.05) is 27.2 Å². The van der Waals surface area contributed by atoms with E-state index in [1.165, 1.54) is 0 Å². The van der Waals surface area contributed by atoms with Crippen molar-refractivity contribution in [3.05, 3.63) is 0 Å². The average Bonchev–Trinajstić information content (AvgIpc) is 1.63. The van der Waals surface area contributed by atoms with Gasteiger partial charge in [-0.15, -0.1) is 9.42 Å². The van der Waals surface area contributed by atoms with Gasteiger partial charge in [0.05, 0.1) is 0 Å². The van der Waals surface area contributed by atoms with Crippen molar-refractivity contribution in [1.82, 2.24) is 4.90 Å². The van der Waals surface area contributed by atoms with Gasteiger partial charge < -0.3 is 4.90 Å². The highest BCUT2D eigenvalue weighted by atomic mass is 31.1. The molecule has 5 heteroatoms. The summed E-state index contributed by atoms with van der Waals surface area (Å²) in [6.45, 7) is 0.973. The van der Waals surface area contributed by atoms with Gasteiger partial charge in [0, 0.05) is 11.1 Å². The lowest BCUT2D eigenvalue weighted by atomic mass is 10.6. The number of nitrogens with zero attached hydrogens (tertiary/aromatic N) is 1. The highest BCUT2D eigenvalue weighted by Gasteiger charge is 2.10. The molecular weight excluding hydrogens is 141 g/mol. The molecule has 0 bridgehead atoms. The Morgan fingerprint density at radius 2 is 2.22 bits per heavy atom. The van der Waals surface area contributed by atoms with E-state index in [0.29, 0.717) is 13.2 Å². The van der Waals surface area contributed by atoms with Crippen LogP contribution in [-0.2, 0) is 9.09 Å². The first kappa shape index (κ1) is 8.98. The molecule has 54 valence electrons. The van der Waals surface area contributed by atoms with E-state index in [0.717, 1.165) is 0 Å². The summed E-state index contributed by atoms with van der Waals surface area (Å²) >= 11 is 0. The molecule has 4 nitrogen and oxygen atoms in total. The molecule has 0 rings (SSSR count). The van der Waals surface area contributed by atoms with Crippen LogP contribution in [0.1, 0.15) is 0 Å². The summed E-state index contributed by atoms with van der Waals surface area (Å²) < 4.78 is 14.3. The second kappa shape index (κ2) is 4.82. The molecule has 0 aliphatic carbocycles. The van der Waals surface area contributed by atoms with Gasteiger partial charge in [-0.25, -0.2) is 0 Å². The van der Waals surface area contributed by atoms with Gasteiger partial charge in [-0.3, -0.25) is 0 Å². The van der Waals surface area contributed by atoms with Gasteiger partial charge in [0.2, 0.25) is 0 Å². The molecule has 1 unspecified atom stereocenters. The van der Waals surface area contributed by atoms with Gasteiger partial charge in [-0.1, -0.05) is 0 Å². The van der Waals surface area contributed by atoms with Gasteiger partial charge in [-0.05, 0) is 14.1 Å². The van der Waals surface area contributed by atoms with Crippen LogP contribution in [0, 0.1) is 0 Å². The molecule has 0 heterocycles. The summed E-state index contributed by atoms with van der Waals surface area (Å²) in [4.78, 5) is 10.0. The first-order valence-electron chi connectivity index (χ1n) is 2.56. The third kappa shape index (κ3) is 7.98. The average molecular weight is 152 g/mol. The van der Waals surface area contributed by atoms with Crippen LogP contribution in [0.5, 0.6) is 0 Å². The molecular formula is C4H11NO3P+. The van der Waals surface area contributed by atoms with Crippen LogP contribution in [0.15, 0.2) is 0 Å². The van der Waals surface area contributed by atoms with Crippen molar-refractivity contribution < 1.29 is 14.0 Å². The molecule has 1 atom stereocenters. The Hall–Kier alpha value is -0.0200. The minimum Gasteiger partial charge on any atom is -0.307 e.